The maximum atomic E-state index is 14.0. The van der Waals surface area contributed by atoms with E-state index in [1.54, 1.807) is 17.0 Å². The van der Waals surface area contributed by atoms with Crippen molar-refractivity contribution in [2.75, 3.05) is 16.0 Å². The van der Waals surface area contributed by atoms with Gasteiger partial charge in [-0.3, -0.25) is 14.5 Å². The van der Waals surface area contributed by atoms with E-state index in [9.17, 15) is 19.2 Å². The molecule has 1 unspecified atom stereocenters. The van der Waals surface area contributed by atoms with E-state index in [0.29, 0.717) is 45.6 Å². The van der Waals surface area contributed by atoms with Crippen LogP contribution in [0.15, 0.2) is 67.9 Å². The van der Waals surface area contributed by atoms with Gasteiger partial charge in [0, 0.05) is 23.4 Å². The number of allylic oxidation sites excluding steroid dienone is 3. The molecule has 0 radical (unpaired) electrons. The Labute approximate surface area is 247 Å². The van der Waals surface area contributed by atoms with E-state index in [0.717, 1.165) is 16.8 Å². The number of hydrogen-bond donors (Lipinski definition) is 2. The number of nitriles is 1. The number of nitrogens with zero attached hydrogens (tertiary/aromatic N) is 4. The maximum Gasteiger partial charge on any atom is 0.234 e. The summed E-state index contributed by atoms with van der Waals surface area (Å²) in [6.45, 7) is 4.00. The predicted molar refractivity (Wildman–Crippen MR) is 157 cm³/mol. The molecule has 2 aliphatic rings. The van der Waals surface area contributed by atoms with Crippen LogP contribution in [0, 0.1) is 31.0 Å². The van der Waals surface area contributed by atoms with E-state index in [2.05, 4.69) is 37.5 Å². The molecule has 3 aromatic rings. The van der Waals surface area contributed by atoms with Crippen LogP contribution in [0.25, 0.3) is 0 Å². The van der Waals surface area contributed by atoms with E-state index in [1.165, 1.54) is 29.2 Å². The monoisotopic (exact) mass is 638 g/mol. The molecule has 1 aliphatic carbocycles. The number of carbonyl (C=O) groups excluding carboxylic acids is 2. The van der Waals surface area contributed by atoms with Crippen molar-refractivity contribution in [3.63, 3.8) is 0 Å². The lowest BCUT2D eigenvalue weighted by atomic mass is 9.76. The Bertz CT molecular complexity index is 1640. The Morgan fingerprint density at radius 1 is 1.25 bits per heavy atom. The number of ketones is 1. The van der Waals surface area contributed by atoms with Crippen LogP contribution < -0.4 is 16.0 Å². The number of halogens is 2. The number of nitrogens with two attached hydrogens (primary N) is 1. The van der Waals surface area contributed by atoms with E-state index in [1.807, 2.05) is 32.0 Å². The van der Waals surface area contributed by atoms with Crippen LogP contribution in [0.4, 0.5) is 15.2 Å². The lowest BCUT2D eigenvalue weighted by molar-refractivity contribution is -0.116. The molecule has 5 rings (SSSR count). The van der Waals surface area contributed by atoms with Crippen LogP contribution in [0.1, 0.15) is 41.9 Å². The zero-order chi connectivity index (χ0) is 28.6. The van der Waals surface area contributed by atoms with Gasteiger partial charge in [-0.15, -0.1) is 10.2 Å². The Kier molecular flexibility index (Phi) is 8.07. The van der Waals surface area contributed by atoms with Gasteiger partial charge in [-0.1, -0.05) is 35.2 Å². The zero-order valence-electron chi connectivity index (χ0n) is 21.6. The zero-order valence-corrected chi connectivity index (χ0v) is 24.8. The van der Waals surface area contributed by atoms with Crippen molar-refractivity contribution < 1.29 is 14.0 Å². The minimum atomic E-state index is -0.711. The molecule has 204 valence electrons. The highest BCUT2D eigenvalue weighted by atomic mass is 79.9. The van der Waals surface area contributed by atoms with Crippen molar-refractivity contribution in [3.05, 3.63) is 86.0 Å². The summed E-state index contributed by atoms with van der Waals surface area (Å²) in [5.74, 6) is -1.13. The van der Waals surface area contributed by atoms with Gasteiger partial charge in [0.1, 0.15) is 11.6 Å². The first-order valence-corrected chi connectivity index (χ1v) is 15.0. The lowest BCUT2D eigenvalue weighted by Crippen LogP contribution is -2.38. The van der Waals surface area contributed by atoms with Gasteiger partial charge in [-0.05, 0) is 83.6 Å². The Morgan fingerprint density at radius 3 is 2.77 bits per heavy atom. The molecule has 40 heavy (non-hydrogen) atoms. The molecule has 3 N–H and O–H groups in total. The largest absolute Gasteiger partial charge is 0.384 e. The number of anilines is 2. The number of benzene rings is 2. The number of carbonyl (C=O) groups is 2. The molecule has 8 nitrogen and oxygen atoms in total. The number of aryl methyl sites for hydroxylation is 2. The molecular formula is C28H24BrFN6O2S2. The normalized spacial score (nSPS) is 17.1. The molecule has 2 heterocycles. The van der Waals surface area contributed by atoms with Crippen LogP contribution in [-0.4, -0.2) is 27.6 Å². The molecule has 1 aliphatic heterocycles. The first-order chi connectivity index (χ1) is 19.2. The standard InChI is InChI=1S/C28H24BrFN6O2S2/c1-14-6-8-17(10-15(14)2)33-23(38)13-39-28-35-34-27(40-28)36-21-4-3-5-22(37)25(21)24(18(12-31)26(36)32)16-7-9-20(30)19(29)11-16/h6-11,24H,3-5,13,32H2,1-2H3,(H,33,38). The van der Waals surface area contributed by atoms with Crippen molar-refractivity contribution in [2.24, 2.45) is 5.73 Å². The molecule has 0 fully saturated rings. The summed E-state index contributed by atoms with van der Waals surface area (Å²) in [7, 11) is 0. The number of nitrogens with one attached hydrogen (secondary N) is 1. The lowest BCUT2D eigenvalue weighted by Gasteiger charge is -2.38. The van der Waals surface area contributed by atoms with Gasteiger partial charge in [-0.25, -0.2) is 4.39 Å². The highest BCUT2D eigenvalue weighted by Gasteiger charge is 2.41. The van der Waals surface area contributed by atoms with Crippen LogP contribution >= 0.6 is 39.0 Å². The summed E-state index contributed by atoms with van der Waals surface area (Å²) < 4.78 is 14.8. The van der Waals surface area contributed by atoms with Gasteiger partial charge in [0.2, 0.25) is 11.0 Å². The van der Waals surface area contributed by atoms with Gasteiger partial charge < -0.3 is 11.1 Å². The maximum absolute atomic E-state index is 14.0. The van der Waals surface area contributed by atoms with Crippen LogP contribution in [0.5, 0.6) is 0 Å². The third-order valence-electron chi connectivity index (χ3n) is 6.89. The van der Waals surface area contributed by atoms with E-state index < -0.39 is 11.7 Å². The molecule has 12 heteroatoms. The highest BCUT2D eigenvalue weighted by molar-refractivity contribution is 9.10. The second kappa shape index (κ2) is 11.5. The summed E-state index contributed by atoms with van der Waals surface area (Å²) in [6.07, 6.45) is 1.53. The minimum Gasteiger partial charge on any atom is -0.384 e. The second-order valence-corrected chi connectivity index (χ2v) is 12.5. The number of Topliss-reactive ketones (excluding diaryl/α,β-unsaturated/α-hetero) is 1. The fourth-order valence-corrected chi connectivity index (χ4v) is 6.90. The smallest absolute Gasteiger partial charge is 0.234 e. The van der Waals surface area contributed by atoms with E-state index in [-0.39, 0.29) is 33.3 Å². The Hall–Kier alpha value is -3.53. The van der Waals surface area contributed by atoms with Crippen molar-refractivity contribution in [1.82, 2.24) is 10.2 Å². The van der Waals surface area contributed by atoms with E-state index >= 15 is 0 Å². The van der Waals surface area contributed by atoms with Gasteiger partial charge in [-0.2, -0.15) is 5.26 Å². The summed E-state index contributed by atoms with van der Waals surface area (Å²) in [4.78, 5) is 27.4. The average molecular weight is 640 g/mol. The van der Waals surface area contributed by atoms with Crippen molar-refractivity contribution >= 4 is 61.5 Å². The topological polar surface area (TPSA) is 125 Å². The van der Waals surface area contributed by atoms with Gasteiger partial charge in [0.05, 0.1) is 27.8 Å². The van der Waals surface area contributed by atoms with Gasteiger partial charge in [0.15, 0.2) is 10.1 Å². The SMILES string of the molecule is Cc1ccc(NC(=O)CSc2nnc(N3C(N)=C(C#N)C(c4ccc(F)c(Br)c4)C4=C3CCCC4=O)s2)cc1C. The summed E-state index contributed by atoms with van der Waals surface area (Å²) in [5.41, 5.74) is 11.5. The number of hydrogen-bond acceptors (Lipinski definition) is 9. The average Bonchev–Trinajstić information content (AvgIpc) is 3.39. The molecule has 0 bridgehead atoms. The molecule has 1 amide bonds. The predicted octanol–water partition coefficient (Wildman–Crippen LogP) is 6.09. The third kappa shape index (κ3) is 5.41. The van der Waals surface area contributed by atoms with Gasteiger partial charge in [0.25, 0.3) is 0 Å². The molecule has 2 aromatic carbocycles. The van der Waals surface area contributed by atoms with Gasteiger partial charge >= 0.3 is 0 Å². The summed E-state index contributed by atoms with van der Waals surface area (Å²) >= 11 is 5.68. The van der Waals surface area contributed by atoms with E-state index in [4.69, 9.17) is 5.73 Å². The molecular weight excluding hydrogens is 615 g/mol. The quantitative estimate of drug-likeness (QED) is 0.311. The highest BCUT2D eigenvalue weighted by Crippen LogP contribution is 2.47. The van der Waals surface area contributed by atoms with Crippen LogP contribution in [-0.2, 0) is 9.59 Å². The number of aromatic nitrogens is 2. The third-order valence-corrected chi connectivity index (χ3v) is 9.54. The molecule has 0 saturated carbocycles. The minimum absolute atomic E-state index is 0.0842. The summed E-state index contributed by atoms with van der Waals surface area (Å²) in [5, 5.41) is 22.0. The van der Waals surface area contributed by atoms with Crippen molar-refractivity contribution in [1.29, 1.82) is 5.26 Å². The Balaban J connectivity index is 1.42. The Morgan fingerprint density at radius 2 is 2.05 bits per heavy atom. The van der Waals surface area contributed by atoms with Crippen LogP contribution in [0.2, 0.25) is 0 Å². The first-order valence-electron chi connectivity index (χ1n) is 12.4. The van der Waals surface area contributed by atoms with Crippen LogP contribution in [0.3, 0.4) is 0 Å². The van der Waals surface area contributed by atoms with Crippen molar-refractivity contribution in [2.45, 2.75) is 43.4 Å². The molecule has 1 atom stereocenters. The first kappa shape index (κ1) is 28.0. The second-order valence-electron chi connectivity index (χ2n) is 9.48. The fourth-order valence-electron chi connectivity index (χ4n) is 4.82. The van der Waals surface area contributed by atoms with Crippen molar-refractivity contribution in [3.8, 4) is 6.07 Å². The number of amides is 1. The molecule has 0 saturated heterocycles. The summed E-state index contributed by atoms with van der Waals surface area (Å²) in [6, 6.07) is 12.4. The fraction of sp³-hybridized carbons (Fsp3) is 0.250. The number of rotatable bonds is 6. The molecule has 1 aromatic heterocycles. The molecule has 0 spiro atoms. The number of thioether (sulfide) groups is 1.